The van der Waals surface area contributed by atoms with Crippen LogP contribution in [0.4, 0.5) is 0 Å². The summed E-state index contributed by atoms with van der Waals surface area (Å²) < 4.78 is 10.7. The first-order chi connectivity index (χ1) is 10.8. The molecule has 1 saturated heterocycles. The molecular weight excluding hydrogens is 407 g/mol. The Kier molecular flexibility index (Phi) is 10.3. The highest BCUT2D eigenvalue weighted by Gasteiger charge is 2.25. The Morgan fingerprint density at radius 1 is 1.39 bits per heavy atom. The molecule has 0 aromatic carbocycles. The van der Waals surface area contributed by atoms with Crippen molar-refractivity contribution in [3.63, 3.8) is 0 Å². The normalized spacial score (nSPS) is 16.9. The molecule has 0 bridgehead atoms. The lowest BCUT2D eigenvalue weighted by atomic mass is 10.2. The Morgan fingerprint density at radius 3 is 2.78 bits per heavy atom. The lowest BCUT2D eigenvalue weighted by Gasteiger charge is -2.26. The van der Waals surface area contributed by atoms with Crippen LogP contribution in [0.3, 0.4) is 0 Å². The maximum absolute atomic E-state index is 5.63. The summed E-state index contributed by atoms with van der Waals surface area (Å²) in [6.45, 7) is 4.66. The quantitative estimate of drug-likeness (QED) is 0.283. The maximum Gasteiger partial charge on any atom is 0.191 e. The molecule has 0 amide bonds. The lowest BCUT2D eigenvalue weighted by Crippen LogP contribution is -2.43. The van der Waals surface area contributed by atoms with Crippen molar-refractivity contribution in [2.45, 2.75) is 25.3 Å². The van der Waals surface area contributed by atoms with Crippen molar-refractivity contribution in [2.75, 3.05) is 46.9 Å². The van der Waals surface area contributed by atoms with Gasteiger partial charge in [-0.15, -0.1) is 24.0 Å². The van der Waals surface area contributed by atoms with Crippen LogP contribution in [-0.2, 0) is 4.74 Å². The highest BCUT2D eigenvalue weighted by atomic mass is 127. The van der Waals surface area contributed by atoms with Crippen LogP contribution in [0.2, 0.25) is 0 Å². The number of furan rings is 1. The first-order valence-electron chi connectivity index (χ1n) is 8.06. The molecule has 132 valence electrons. The van der Waals surface area contributed by atoms with Gasteiger partial charge in [-0.1, -0.05) is 0 Å². The van der Waals surface area contributed by atoms with Gasteiger partial charge in [-0.25, -0.2) is 0 Å². The van der Waals surface area contributed by atoms with Crippen molar-refractivity contribution in [3.05, 3.63) is 24.2 Å². The van der Waals surface area contributed by atoms with Gasteiger partial charge in [-0.05, 0) is 44.5 Å². The average Bonchev–Trinajstić information content (AvgIpc) is 3.23. The largest absolute Gasteiger partial charge is 0.468 e. The van der Waals surface area contributed by atoms with Gasteiger partial charge in [-0.2, -0.15) is 0 Å². The summed E-state index contributed by atoms with van der Waals surface area (Å²) >= 11 is 0. The monoisotopic (exact) mass is 436 g/mol. The summed E-state index contributed by atoms with van der Waals surface area (Å²) in [4.78, 5) is 6.75. The van der Waals surface area contributed by atoms with Crippen LogP contribution in [0.15, 0.2) is 27.8 Å². The number of nitrogens with one attached hydrogen (secondary N) is 2. The molecular formula is C16H29IN4O2. The molecule has 2 heterocycles. The van der Waals surface area contributed by atoms with E-state index >= 15 is 0 Å². The topological polar surface area (TPSA) is 62.0 Å². The van der Waals surface area contributed by atoms with Crippen LogP contribution in [-0.4, -0.2) is 57.8 Å². The minimum Gasteiger partial charge on any atom is -0.468 e. The second-order valence-electron chi connectivity index (χ2n) is 5.50. The molecule has 1 aliphatic heterocycles. The third-order valence-electron chi connectivity index (χ3n) is 3.96. The Bertz CT molecular complexity index is 433. The molecule has 0 spiro atoms. The average molecular weight is 436 g/mol. The van der Waals surface area contributed by atoms with Crippen molar-refractivity contribution < 1.29 is 9.15 Å². The fourth-order valence-corrected chi connectivity index (χ4v) is 2.78. The molecule has 2 N–H and O–H groups in total. The van der Waals surface area contributed by atoms with E-state index in [0.717, 1.165) is 50.9 Å². The molecule has 7 heteroatoms. The Hall–Kier alpha value is -0.800. The van der Waals surface area contributed by atoms with Crippen molar-refractivity contribution in [3.8, 4) is 0 Å². The first-order valence-corrected chi connectivity index (χ1v) is 8.06. The van der Waals surface area contributed by atoms with E-state index in [1.54, 1.807) is 20.4 Å². The van der Waals surface area contributed by atoms with Gasteiger partial charge in [0.15, 0.2) is 5.96 Å². The number of rotatable bonds is 8. The number of halogens is 1. The van der Waals surface area contributed by atoms with E-state index in [2.05, 4.69) is 26.6 Å². The van der Waals surface area contributed by atoms with Crippen molar-refractivity contribution in [2.24, 2.45) is 4.99 Å². The van der Waals surface area contributed by atoms with Crippen LogP contribution >= 0.6 is 24.0 Å². The van der Waals surface area contributed by atoms with Gasteiger partial charge in [0.05, 0.1) is 12.3 Å². The second kappa shape index (κ2) is 11.7. The van der Waals surface area contributed by atoms with Gasteiger partial charge in [0.2, 0.25) is 0 Å². The third kappa shape index (κ3) is 6.68. The predicted octanol–water partition coefficient (Wildman–Crippen LogP) is 2.24. The van der Waals surface area contributed by atoms with Gasteiger partial charge in [0, 0.05) is 33.9 Å². The highest BCUT2D eigenvalue weighted by Crippen LogP contribution is 2.24. The van der Waals surface area contributed by atoms with E-state index in [1.807, 2.05) is 6.07 Å². The maximum atomic E-state index is 5.63. The number of guanidine groups is 1. The summed E-state index contributed by atoms with van der Waals surface area (Å²) in [6.07, 6.45) is 5.24. The first kappa shape index (κ1) is 20.2. The zero-order valence-electron chi connectivity index (χ0n) is 14.1. The van der Waals surface area contributed by atoms with E-state index in [9.17, 15) is 0 Å². The number of nitrogens with zero attached hydrogens (tertiary/aromatic N) is 2. The number of likely N-dealkylation sites (tertiary alicyclic amines) is 1. The molecule has 1 aromatic heterocycles. The van der Waals surface area contributed by atoms with Crippen LogP contribution in [0.1, 0.15) is 31.1 Å². The zero-order chi connectivity index (χ0) is 15.6. The van der Waals surface area contributed by atoms with E-state index in [-0.39, 0.29) is 30.0 Å². The molecule has 1 aliphatic rings. The molecule has 0 radical (unpaired) electrons. The van der Waals surface area contributed by atoms with Gasteiger partial charge in [0.25, 0.3) is 0 Å². The Morgan fingerprint density at radius 2 is 2.17 bits per heavy atom. The van der Waals surface area contributed by atoms with E-state index in [0.29, 0.717) is 0 Å². The summed E-state index contributed by atoms with van der Waals surface area (Å²) in [7, 11) is 3.51. The Labute approximate surface area is 156 Å². The minimum atomic E-state index is 0. The number of hydrogen-bond acceptors (Lipinski definition) is 4. The van der Waals surface area contributed by atoms with Crippen molar-refractivity contribution >= 4 is 29.9 Å². The molecule has 23 heavy (non-hydrogen) atoms. The molecule has 1 aromatic rings. The van der Waals surface area contributed by atoms with Crippen LogP contribution in [0.5, 0.6) is 0 Å². The van der Waals surface area contributed by atoms with E-state index < -0.39 is 0 Å². The SMILES string of the molecule is CN=C(NCCCOC)NCC(c1ccco1)N1CCCC1.I. The van der Waals surface area contributed by atoms with Crippen LogP contribution in [0.25, 0.3) is 0 Å². The second-order valence-corrected chi connectivity index (χ2v) is 5.50. The van der Waals surface area contributed by atoms with Gasteiger partial charge in [-0.3, -0.25) is 9.89 Å². The molecule has 0 saturated carbocycles. The summed E-state index contributed by atoms with van der Waals surface area (Å²) in [6, 6.07) is 4.27. The summed E-state index contributed by atoms with van der Waals surface area (Å²) in [5.41, 5.74) is 0. The molecule has 6 nitrogen and oxygen atoms in total. The zero-order valence-corrected chi connectivity index (χ0v) is 16.4. The summed E-state index contributed by atoms with van der Waals surface area (Å²) in [5.74, 6) is 1.84. The molecule has 1 fully saturated rings. The predicted molar refractivity (Wildman–Crippen MR) is 104 cm³/mol. The molecule has 0 aliphatic carbocycles. The molecule has 1 unspecified atom stereocenters. The Balaban J connectivity index is 0.00000264. The molecule has 1 atom stereocenters. The fraction of sp³-hybridized carbons (Fsp3) is 0.688. The standard InChI is InChI=1S/C16H28N4O2.HI/c1-17-16(18-8-6-11-21-2)19-13-14(15-7-5-12-22-15)20-9-3-4-10-20;/h5,7,12,14H,3-4,6,8-11,13H2,1-2H3,(H2,17,18,19);1H. The van der Waals surface area contributed by atoms with Crippen molar-refractivity contribution in [1.82, 2.24) is 15.5 Å². The number of aliphatic imine (C=N–C) groups is 1. The van der Waals surface area contributed by atoms with Gasteiger partial charge >= 0.3 is 0 Å². The minimum absolute atomic E-state index is 0. The van der Waals surface area contributed by atoms with Gasteiger partial charge in [0.1, 0.15) is 5.76 Å². The molecule has 2 rings (SSSR count). The number of methoxy groups -OCH3 is 1. The smallest absolute Gasteiger partial charge is 0.191 e. The third-order valence-corrected chi connectivity index (χ3v) is 3.96. The van der Waals surface area contributed by atoms with Gasteiger partial charge < -0.3 is 19.8 Å². The highest BCUT2D eigenvalue weighted by molar-refractivity contribution is 14.0. The van der Waals surface area contributed by atoms with Crippen molar-refractivity contribution in [1.29, 1.82) is 0 Å². The lowest BCUT2D eigenvalue weighted by molar-refractivity contribution is 0.195. The van der Waals surface area contributed by atoms with E-state index in [1.165, 1.54) is 12.8 Å². The van der Waals surface area contributed by atoms with E-state index in [4.69, 9.17) is 9.15 Å². The summed E-state index contributed by atoms with van der Waals surface area (Å²) in [5, 5.41) is 6.71. The number of hydrogen-bond donors (Lipinski definition) is 2. The van der Waals surface area contributed by atoms with Crippen LogP contribution in [0, 0.1) is 0 Å². The van der Waals surface area contributed by atoms with Crippen LogP contribution < -0.4 is 10.6 Å². The fourth-order valence-electron chi connectivity index (χ4n) is 2.78. The number of ether oxygens (including phenoxy) is 1.